The van der Waals surface area contributed by atoms with Crippen LogP contribution in [-0.2, 0) is 11.3 Å². The van der Waals surface area contributed by atoms with Gasteiger partial charge in [-0.3, -0.25) is 0 Å². The molecule has 3 rings (SSSR count). The molecule has 1 saturated carbocycles. The third-order valence-corrected chi connectivity index (χ3v) is 4.87. The molecule has 6 heteroatoms. The van der Waals surface area contributed by atoms with Crippen molar-refractivity contribution in [3.8, 4) is 0 Å². The van der Waals surface area contributed by atoms with Gasteiger partial charge >= 0.3 is 0 Å². The van der Waals surface area contributed by atoms with Crippen LogP contribution in [0.4, 0.5) is 10.3 Å². The Kier molecular flexibility index (Phi) is 4.63. The molecule has 0 aliphatic heterocycles. The smallest absolute Gasteiger partial charge is 0.201 e. The van der Waals surface area contributed by atoms with E-state index < -0.39 is 0 Å². The molecule has 0 radical (unpaired) electrons. The molecule has 2 N–H and O–H groups in total. The van der Waals surface area contributed by atoms with Crippen molar-refractivity contribution in [3.63, 3.8) is 0 Å². The predicted molar refractivity (Wildman–Crippen MR) is 89.6 cm³/mol. The minimum atomic E-state index is -0.238. The van der Waals surface area contributed by atoms with Crippen molar-refractivity contribution in [1.82, 2.24) is 9.55 Å². The van der Waals surface area contributed by atoms with Crippen molar-refractivity contribution < 1.29 is 9.13 Å². The van der Waals surface area contributed by atoms with E-state index in [1.807, 2.05) is 27.2 Å². The number of nitrogens with zero attached hydrogens (tertiary/aromatic N) is 2. The molecule has 21 heavy (non-hydrogen) atoms. The number of ether oxygens (including phenoxy) is 1. The maximum Gasteiger partial charge on any atom is 0.201 e. The van der Waals surface area contributed by atoms with E-state index in [0.29, 0.717) is 28.8 Å². The third-order valence-electron chi connectivity index (χ3n) is 4.04. The van der Waals surface area contributed by atoms with Crippen molar-refractivity contribution in [1.29, 1.82) is 0 Å². The van der Waals surface area contributed by atoms with Crippen LogP contribution in [0.25, 0.3) is 11.0 Å². The number of hydrogen-bond donors (Lipinski definition) is 1. The molecule has 114 valence electrons. The zero-order chi connectivity index (χ0) is 14.8. The Morgan fingerprint density at radius 3 is 2.86 bits per heavy atom. The van der Waals surface area contributed by atoms with Gasteiger partial charge < -0.3 is 15.0 Å². The number of aromatic nitrogens is 2. The first-order chi connectivity index (χ1) is 10.1. The number of anilines is 1. The van der Waals surface area contributed by atoms with Gasteiger partial charge in [0, 0.05) is 12.6 Å². The predicted octanol–water partition coefficient (Wildman–Crippen LogP) is 3.71. The highest BCUT2D eigenvalue weighted by Gasteiger charge is 2.15. The van der Waals surface area contributed by atoms with E-state index in [1.54, 1.807) is 6.07 Å². The maximum atomic E-state index is 13.7. The van der Waals surface area contributed by atoms with Gasteiger partial charge in [0.1, 0.15) is 5.82 Å². The Morgan fingerprint density at radius 2 is 2.10 bits per heavy atom. The Labute approximate surface area is 137 Å². The molecule has 2 aromatic rings. The lowest BCUT2D eigenvalue weighted by atomic mass is 9.98. The molecule has 1 aromatic carbocycles. The number of benzene rings is 1. The van der Waals surface area contributed by atoms with Crippen LogP contribution >= 0.6 is 22.6 Å². The van der Waals surface area contributed by atoms with Gasteiger partial charge in [0.05, 0.1) is 27.3 Å². The number of fused-ring (bicyclic) bond motifs is 1. The van der Waals surface area contributed by atoms with Gasteiger partial charge in [-0.25, -0.2) is 9.37 Å². The highest BCUT2D eigenvalue weighted by atomic mass is 127. The van der Waals surface area contributed by atoms with Crippen molar-refractivity contribution >= 4 is 39.6 Å². The summed E-state index contributed by atoms with van der Waals surface area (Å²) in [6.45, 7) is 1.20. The summed E-state index contributed by atoms with van der Waals surface area (Å²) in [5.41, 5.74) is 7.41. The van der Waals surface area contributed by atoms with Gasteiger partial charge in [0.15, 0.2) is 0 Å². The van der Waals surface area contributed by atoms with Crippen LogP contribution in [0.5, 0.6) is 0 Å². The van der Waals surface area contributed by atoms with E-state index in [9.17, 15) is 4.39 Å². The van der Waals surface area contributed by atoms with E-state index >= 15 is 0 Å². The van der Waals surface area contributed by atoms with Crippen LogP contribution < -0.4 is 5.73 Å². The highest BCUT2D eigenvalue weighted by molar-refractivity contribution is 14.1. The summed E-state index contributed by atoms with van der Waals surface area (Å²) in [7, 11) is 0. The van der Waals surface area contributed by atoms with Crippen LogP contribution in [0.15, 0.2) is 12.1 Å². The zero-order valence-electron chi connectivity index (χ0n) is 11.8. The summed E-state index contributed by atoms with van der Waals surface area (Å²) in [6, 6.07) is 3.22. The van der Waals surface area contributed by atoms with Crippen LogP contribution in [0.1, 0.15) is 32.1 Å². The van der Waals surface area contributed by atoms with Gasteiger partial charge in [0.2, 0.25) is 5.95 Å². The lowest BCUT2D eigenvalue weighted by Gasteiger charge is -2.22. The van der Waals surface area contributed by atoms with Crippen molar-refractivity contribution in [3.05, 3.63) is 21.5 Å². The standard InChI is InChI=1S/C15H19FIN3O/c16-11-8-14-13(9-12(11)17)19-15(18)20(14)6-7-21-10-4-2-1-3-5-10/h8-10H,1-7H2,(H2,18,19). The molecule has 1 aromatic heterocycles. The van der Waals surface area contributed by atoms with Crippen molar-refractivity contribution in [2.75, 3.05) is 12.3 Å². The van der Waals surface area contributed by atoms with Gasteiger partial charge in [-0.2, -0.15) is 0 Å². The Hall–Kier alpha value is -0.890. The summed E-state index contributed by atoms with van der Waals surface area (Å²) in [5.74, 6) is 0.177. The quantitative estimate of drug-likeness (QED) is 0.792. The minimum absolute atomic E-state index is 0.238. The summed E-state index contributed by atoms with van der Waals surface area (Å²) in [5, 5.41) is 0. The van der Waals surface area contributed by atoms with E-state index in [-0.39, 0.29) is 5.82 Å². The SMILES string of the molecule is Nc1nc2cc(I)c(F)cc2n1CCOC1CCCCC1. The number of nitrogens with two attached hydrogens (primary N) is 1. The zero-order valence-corrected chi connectivity index (χ0v) is 14.0. The molecular formula is C15H19FIN3O. The average Bonchev–Trinajstić information content (AvgIpc) is 2.76. The van der Waals surface area contributed by atoms with Crippen molar-refractivity contribution in [2.24, 2.45) is 0 Å². The van der Waals surface area contributed by atoms with Gasteiger partial charge in [-0.05, 0) is 41.5 Å². The molecule has 1 fully saturated rings. The highest BCUT2D eigenvalue weighted by Crippen LogP contribution is 2.24. The van der Waals surface area contributed by atoms with Crippen LogP contribution in [0.3, 0.4) is 0 Å². The number of hydrogen-bond acceptors (Lipinski definition) is 3. The molecule has 4 nitrogen and oxygen atoms in total. The van der Waals surface area contributed by atoms with Crippen LogP contribution in [0, 0.1) is 9.39 Å². The molecule has 0 saturated heterocycles. The molecule has 0 amide bonds. The average molecular weight is 403 g/mol. The van der Waals surface area contributed by atoms with Crippen LogP contribution in [-0.4, -0.2) is 22.3 Å². The topological polar surface area (TPSA) is 53.1 Å². The van der Waals surface area contributed by atoms with E-state index in [0.717, 1.165) is 23.9 Å². The van der Waals surface area contributed by atoms with E-state index in [1.165, 1.54) is 25.3 Å². The second kappa shape index (κ2) is 6.48. The van der Waals surface area contributed by atoms with E-state index in [4.69, 9.17) is 10.5 Å². The fourth-order valence-corrected chi connectivity index (χ4v) is 3.37. The Bertz CT molecular complexity index is 637. The minimum Gasteiger partial charge on any atom is -0.376 e. The first-order valence-corrected chi connectivity index (χ1v) is 8.45. The second-order valence-electron chi connectivity index (χ2n) is 5.51. The Morgan fingerprint density at radius 1 is 1.33 bits per heavy atom. The first kappa shape index (κ1) is 15.0. The molecule has 0 atom stereocenters. The first-order valence-electron chi connectivity index (χ1n) is 7.37. The number of halogens is 2. The molecule has 1 aliphatic carbocycles. The number of rotatable bonds is 4. The van der Waals surface area contributed by atoms with E-state index in [2.05, 4.69) is 4.98 Å². The lowest BCUT2D eigenvalue weighted by molar-refractivity contribution is 0.0246. The molecular weight excluding hydrogens is 384 g/mol. The third kappa shape index (κ3) is 3.31. The molecule has 1 aliphatic rings. The Balaban J connectivity index is 1.71. The fraction of sp³-hybridized carbons (Fsp3) is 0.533. The monoisotopic (exact) mass is 403 g/mol. The molecule has 1 heterocycles. The summed E-state index contributed by atoms with van der Waals surface area (Å²) in [4.78, 5) is 4.29. The van der Waals surface area contributed by atoms with Crippen molar-refractivity contribution in [2.45, 2.75) is 44.8 Å². The molecule has 0 bridgehead atoms. The molecule has 0 spiro atoms. The summed E-state index contributed by atoms with van der Waals surface area (Å²) in [6.07, 6.45) is 6.48. The van der Waals surface area contributed by atoms with Gasteiger partial charge in [-0.1, -0.05) is 19.3 Å². The summed E-state index contributed by atoms with van der Waals surface area (Å²) >= 11 is 1.96. The number of imidazole rings is 1. The van der Waals surface area contributed by atoms with Crippen LogP contribution in [0.2, 0.25) is 0 Å². The normalized spacial score (nSPS) is 16.7. The second-order valence-corrected chi connectivity index (χ2v) is 6.67. The van der Waals surface area contributed by atoms with Gasteiger partial charge in [0.25, 0.3) is 0 Å². The maximum absolute atomic E-state index is 13.7. The van der Waals surface area contributed by atoms with Gasteiger partial charge in [-0.15, -0.1) is 0 Å². The lowest BCUT2D eigenvalue weighted by Crippen LogP contribution is -2.19. The summed E-state index contributed by atoms with van der Waals surface area (Å²) < 4.78 is 22.0. The molecule has 0 unspecified atom stereocenters. The number of nitrogen functional groups attached to an aromatic ring is 1. The fourth-order valence-electron chi connectivity index (χ4n) is 2.92. The largest absolute Gasteiger partial charge is 0.376 e.